The molecule has 1 aromatic heterocycles. The topological polar surface area (TPSA) is 41.5 Å². The maximum atomic E-state index is 5.39. The molecule has 1 aromatic rings. The molecule has 5 nitrogen and oxygen atoms in total. The smallest absolute Gasteiger partial charge is 0.227 e. The van der Waals surface area contributed by atoms with Crippen LogP contribution in [0.2, 0.25) is 0 Å². The van der Waals surface area contributed by atoms with Crippen LogP contribution >= 0.6 is 0 Å². The summed E-state index contributed by atoms with van der Waals surface area (Å²) < 4.78 is 5.39. The van der Waals surface area contributed by atoms with Crippen molar-refractivity contribution in [2.24, 2.45) is 0 Å². The second kappa shape index (κ2) is 6.70. The van der Waals surface area contributed by atoms with E-state index in [2.05, 4.69) is 34.8 Å². The lowest BCUT2D eigenvalue weighted by Crippen LogP contribution is -2.37. The van der Waals surface area contributed by atoms with Crippen LogP contribution in [0.3, 0.4) is 0 Å². The Bertz CT molecular complexity index is 404. The van der Waals surface area contributed by atoms with Gasteiger partial charge in [0.25, 0.3) is 0 Å². The van der Waals surface area contributed by atoms with Crippen LogP contribution in [0.25, 0.3) is 0 Å². The van der Waals surface area contributed by atoms with Crippen molar-refractivity contribution in [2.75, 3.05) is 49.7 Å². The van der Waals surface area contributed by atoms with Gasteiger partial charge in [-0.3, -0.25) is 0 Å². The summed E-state index contributed by atoms with van der Waals surface area (Å²) in [6, 6.07) is 2.06. The molecule has 0 aliphatic carbocycles. The summed E-state index contributed by atoms with van der Waals surface area (Å²) in [5, 5.41) is 0. The van der Waals surface area contributed by atoms with Gasteiger partial charge in [0.15, 0.2) is 0 Å². The van der Waals surface area contributed by atoms with Crippen LogP contribution in [0.1, 0.15) is 25.5 Å². The first kappa shape index (κ1) is 14.1. The van der Waals surface area contributed by atoms with Crippen molar-refractivity contribution < 1.29 is 4.74 Å². The summed E-state index contributed by atoms with van der Waals surface area (Å²) in [4.78, 5) is 13.6. The fourth-order valence-corrected chi connectivity index (χ4v) is 2.16. The largest absolute Gasteiger partial charge is 0.378 e. The van der Waals surface area contributed by atoms with Crippen molar-refractivity contribution in [1.29, 1.82) is 0 Å². The number of ether oxygens (including phenoxy) is 1. The van der Waals surface area contributed by atoms with Crippen LogP contribution in [-0.2, 0) is 4.74 Å². The lowest BCUT2D eigenvalue weighted by atomic mass is 10.3. The van der Waals surface area contributed by atoms with E-state index in [-0.39, 0.29) is 0 Å². The second-order valence-corrected chi connectivity index (χ2v) is 5.04. The Morgan fingerprint density at radius 2 is 2.05 bits per heavy atom. The molecule has 1 aliphatic heterocycles. The Labute approximate surface area is 115 Å². The van der Waals surface area contributed by atoms with E-state index in [4.69, 9.17) is 9.72 Å². The minimum atomic E-state index is 0.782. The number of anilines is 2. The van der Waals surface area contributed by atoms with Crippen LogP contribution in [0, 0.1) is 6.92 Å². The summed E-state index contributed by atoms with van der Waals surface area (Å²) in [6.45, 7) is 8.62. The highest BCUT2D eigenvalue weighted by atomic mass is 16.5. The first-order valence-electron chi connectivity index (χ1n) is 7.10. The molecule has 0 N–H and O–H groups in total. The van der Waals surface area contributed by atoms with Gasteiger partial charge < -0.3 is 14.5 Å². The minimum Gasteiger partial charge on any atom is -0.378 e. The van der Waals surface area contributed by atoms with E-state index in [9.17, 15) is 0 Å². The van der Waals surface area contributed by atoms with Gasteiger partial charge in [-0.25, -0.2) is 4.98 Å². The predicted octanol–water partition coefficient (Wildman–Crippen LogP) is 1.86. The highest BCUT2D eigenvalue weighted by Crippen LogP contribution is 2.18. The molecule has 1 saturated heterocycles. The van der Waals surface area contributed by atoms with Crippen molar-refractivity contribution in [3.8, 4) is 0 Å². The van der Waals surface area contributed by atoms with Crippen molar-refractivity contribution in [3.05, 3.63) is 11.8 Å². The highest BCUT2D eigenvalue weighted by molar-refractivity contribution is 5.45. The van der Waals surface area contributed by atoms with Gasteiger partial charge in [0.2, 0.25) is 5.95 Å². The third-order valence-corrected chi connectivity index (χ3v) is 3.35. The molecule has 0 amide bonds. The molecular formula is C14H24N4O. The molecule has 2 rings (SSSR count). The fraction of sp³-hybridized carbons (Fsp3) is 0.714. The van der Waals surface area contributed by atoms with Crippen LogP contribution in [-0.4, -0.2) is 49.9 Å². The van der Waals surface area contributed by atoms with E-state index in [1.807, 2.05) is 6.92 Å². The van der Waals surface area contributed by atoms with Gasteiger partial charge in [-0.15, -0.1) is 0 Å². The number of nitrogens with zero attached hydrogens (tertiary/aromatic N) is 4. The van der Waals surface area contributed by atoms with Crippen molar-refractivity contribution in [3.63, 3.8) is 0 Å². The third kappa shape index (κ3) is 3.80. The van der Waals surface area contributed by atoms with Crippen LogP contribution < -0.4 is 9.80 Å². The quantitative estimate of drug-likeness (QED) is 0.812. The summed E-state index contributed by atoms with van der Waals surface area (Å²) in [7, 11) is 2.06. The molecule has 0 atom stereocenters. The van der Waals surface area contributed by atoms with Gasteiger partial charge in [0, 0.05) is 38.4 Å². The van der Waals surface area contributed by atoms with Gasteiger partial charge >= 0.3 is 0 Å². The summed E-state index contributed by atoms with van der Waals surface area (Å²) in [5.74, 6) is 1.85. The number of hydrogen-bond donors (Lipinski definition) is 0. The summed E-state index contributed by atoms with van der Waals surface area (Å²) in [5.41, 5.74) is 1.02. The van der Waals surface area contributed by atoms with Gasteiger partial charge in [-0.2, -0.15) is 4.98 Å². The summed E-state index contributed by atoms with van der Waals surface area (Å²) >= 11 is 0. The second-order valence-electron chi connectivity index (χ2n) is 5.04. The van der Waals surface area contributed by atoms with E-state index in [0.29, 0.717) is 0 Å². The number of aromatic nitrogens is 2. The van der Waals surface area contributed by atoms with Crippen LogP contribution in [0.15, 0.2) is 6.07 Å². The normalized spacial score (nSPS) is 15.6. The van der Waals surface area contributed by atoms with Gasteiger partial charge in [0.05, 0.1) is 13.2 Å². The molecular weight excluding hydrogens is 240 g/mol. The summed E-state index contributed by atoms with van der Waals surface area (Å²) in [6.07, 6.45) is 2.35. The molecule has 106 valence electrons. The van der Waals surface area contributed by atoms with Crippen molar-refractivity contribution in [1.82, 2.24) is 9.97 Å². The standard InChI is InChI=1S/C14H24N4O/c1-4-5-6-17(3)14-15-12(2)11-13(16-14)18-7-9-19-10-8-18/h11H,4-10H2,1-3H3. The number of rotatable bonds is 5. The first-order chi connectivity index (χ1) is 9.20. The lowest BCUT2D eigenvalue weighted by molar-refractivity contribution is 0.122. The van der Waals surface area contributed by atoms with Gasteiger partial charge in [-0.05, 0) is 13.3 Å². The molecule has 0 radical (unpaired) electrons. The molecule has 1 aliphatic rings. The first-order valence-corrected chi connectivity index (χ1v) is 7.10. The molecule has 2 heterocycles. The van der Waals surface area contributed by atoms with E-state index in [1.165, 1.54) is 12.8 Å². The third-order valence-electron chi connectivity index (χ3n) is 3.35. The Kier molecular flexibility index (Phi) is 4.96. The van der Waals surface area contributed by atoms with E-state index in [0.717, 1.165) is 50.3 Å². The average Bonchev–Trinajstić information content (AvgIpc) is 2.45. The number of aryl methyl sites for hydroxylation is 1. The molecule has 0 saturated carbocycles. The molecule has 0 unspecified atom stereocenters. The fourth-order valence-electron chi connectivity index (χ4n) is 2.16. The lowest BCUT2D eigenvalue weighted by Gasteiger charge is -2.29. The zero-order valence-corrected chi connectivity index (χ0v) is 12.2. The Hall–Kier alpha value is -1.36. The van der Waals surface area contributed by atoms with Gasteiger partial charge in [0.1, 0.15) is 5.82 Å². The number of morpholine rings is 1. The molecule has 5 heteroatoms. The molecule has 1 fully saturated rings. The number of hydrogen-bond acceptors (Lipinski definition) is 5. The van der Waals surface area contributed by atoms with Gasteiger partial charge in [-0.1, -0.05) is 13.3 Å². The number of unbranched alkanes of at least 4 members (excludes halogenated alkanes) is 1. The molecule has 0 bridgehead atoms. The molecule has 19 heavy (non-hydrogen) atoms. The Morgan fingerprint density at radius 1 is 1.32 bits per heavy atom. The van der Waals surface area contributed by atoms with E-state index >= 15 is 0 Å². The predicted molar refractivity (Wildman–Crippen MR) is 78.0 cm³/mol. The maximum Gasteiger partial charge on any atom is 0.227 e. The van der Waals surface area contributed by atoms with E-state index < -0.39 is 0 Å². The monoisotopic (exact) mass is 264 g/mol. The van der Waals surface area contributed by atoms with Crippen LogP contribution in [0.4, 0.5) is 11.8 Å². The zero-order chi connectivity index (χ0) is 13.7. The Morgan fingerprint density at radius 3 is 2.74 bits per heavy atom. The van der Waals surface area contributed by atoms with Crippen LogP contribution in [0.5, 0.6) is 0 Å². The minimum absolute atomic E-state index is 0.782. The Balaban J connectivity index is 2.13. The molecule has 0 spiro atoms. The van der Waals surface area contributed by atoms with E-state index in [1.54, 1.807) is 0 Å². The maximum absolute atomic E-state index is 5.39. The zero-order valence-electron chi connectivity index (χ0n) is 12.2. The average molecular weight is 264 g/mol. The molecule has 0 aromatic carbocycles. The SMILES string of the molecule is CCCCN(C)c1nc(C)cc(N2CCOCC2)n1. The highest BCUT2D eigenvalue weighted by Gasteiger charge is 2.15. The van der Waals surface area contributed by atoms with Crippen molar-refractivity contribution >= 4 is 11.8 Å². The van der Waals surface area contributed by atoms with Crippen molar-refractivity contribution in [2.45, 2.75) is 26.7 Å².